The monoisotopic (exact) mass is 172 g/mol. The van der Waals surface area contributed by atoms with Crippen molar-refractivity contribution in [3.05, 3.63) is 22.8 Å². The lowest BCUT2D eigenvalue weighted by molar-refractivity contribution is 0.587. The van der Waals surface area contributed by atoms with Crippen LogP contribution in [0.2, 0.25) is 0 Å². The van der Waals surface area contributed by atoms with Gasteiger partial charge < -0.3 is 0 Å². The van der Waals surface area contributed by atoms with Crippen molar-refractivity contribution >= 4 is 12.4 Å². The second-order valence-electron chi connectivity index (χ2n) is 3.80. The molecule has 0 aromatic rings. The summed E-state index contributed by atoms with van der Waals surface area (Å²) in [5, 5.41) is 0. The predicted octanol–water partition coefficient (Wildman–Crippen LogP) is 3.73. The molecule has 0 fully saturated rings. The van der Waals surface area contributed by atoms with Gasteiger partial charge in [0.05, 0.1) is 0 Å². The molecule has 0 N–H and O–H groups in total. The minimum absolute atomic E-state index is 0. The Hall–Kier alpha value is -0.230. The highest BCUT2D eigenvalue weighted by Crippen LogP contribution is 2.39. The molecule has 1 heteroatoms. The van der Waals surface area contributed by atoms with Crippen molar-refractivity contribution in [2.24, 2.45) is 5.41 Å². The molecule has 1 aliphatic rings. The van der Waals surface area contributed by atoms with E-state index in [4.69, 9.17) is 0 Å². The average Bonchev–Trinajstić information content (AvgIpc) is 1.95. The highest BCUT2D eigenvalue weighted by atomic mass is 35.5. The molecule has 0 atom stereocenters. The summed E-state index contributed by atoms with van der Waals surface area (Å²) in [4.78, 5) is 0. The molecule has 11 heavy (non-hydrogen) atoms. The topological polar surface area (TPSA) is 0 Å². The van der Waals surface area contributed by atoms with Gasteiger partial charge in [-0.3, -0.25) is 0 Å². The fourth-order valence-electron chi connectivity index (χ4n) is 1.54. The second-order valence-corrected chi connectivity index (χ2v) is 3.80. The van der Waals surface area contributed by atoms with Crippen LogP contribution in [0.25, 0.3) is 0 Å². The van der Waals surface area contributed by atoms with Crippen molar-refractivity contribution in [3.8, 4) is 0 Å². The third-order valence-corrected chi connectivity index (χ3v) is 2.70. The molecule has 0 nitrogen and oxygen atoms in total. The summed E-state index contributed by atoms with van der Waals surface area (Å²) in [6.07, 6.45) is 2.34. The average molecular weight is 173 g/mol. The zero-order valence-corrected chi connectivity index (χ0v) is 8.80. The van der Waals surface area contributed by atoms with E-state index in [1.165, 1.54) is 16.7 Å². The number of rotatable bonds is 0. The SMILES string of the molecule is CC1=CC(C)(C)C(C)=C1C.Cl. The third-order valence-electron chi connectivity index (χ3n) is 2.70. The van der Waals surface area contributed by atoms with E-state index >= 15 is 0 Å². The highest BCUT2D eigenvalue weighted by molar-refractivity contribution is 5.85. The van der Waals surface area contributed by atoms with Gasteiger partial charge in [-0.15, -0.1) is 12.4 Å². The zero-order chi connectivity index (χ0) is 7.94. The number of hydrogen-bond acceptors (Lipinski definition) is 0. The van der Waals surface area contributed by atoms with Gasteiger partial charge in [0.2, 0.25) is 0 Å². The van der Waals surface area contributed by atoms with Crippen LogP contribution in [-0.4, -0.2) is 0 Å². The molecule has 0 amide bonds. The van der Waals surface area contributed by atoms with Crippen LogP contribution < -0.4 is 0 Å². The van der Waals surface area contributed by atoms with Gasteiger partial charge in [0.15, 0.2) is 0 Å². The van der Waals surface area contributed by atoms with Crippen LogP contribution >= 0.6 is 12.4 Å². The van der Waals surface area contributed by atoms with E-state index in [0.29, 0.717) is 5.41 Å². The molecule has 0 unspecified atom stereocenters. The molecule has 0 heterocycles. The van der Waals surface area contributed by atoms with Crippen LogP contribution in [0.4, 0.5) is 0 Å². The molecule has 64 valence electrons. The summed E-state index contributed by atoms with van der Waals surface area (Å²) >= 11 is 0. The second kappa shape index (κ2) is 3.02. The Morgan fingerprint density at radius 2 is 1.55 bits per heavy atom. The molecule has 0 spiro atoms. The molecule has 0 saturated carbocycles. The van der Waals surface area contributed by atoms with Crippen LogP contribution in [0, 0.1) is 5.41 Å². The molecule has 0 saturated heterocycles. The van der Waals surface area contributed by atoms with E-state index in [1.54, 1.807) is 0 Å². The molecular formula is C10H17Cl. The van der Waals surface area contributed by atoms with E-state index in [0.717, 1.165) is 0 Å². The fraction of sp³-hybridized carbons (Fsp3) is 0.600. The molecule has 0 aromatic heterocycles. The third kappa shape index (κ3) is 1.67. The maximum absolute atomic E-state index is 2.34. The van der Waals surface area contributed by atoms with Gasteiger partial charge in [-0.25, -0.2) is 0 Å². The first kappa shape index (κ1) is 10.8. The Morgan fingerprint density at radius 3 is 1.64 bits per heavy atom. The minimum Gasteiger partial charge on any atom is -0.147 e. The first-order valence-corrected chi connectivity index (χ1v) is 3.83. The maximum Gasteiger partial charge on any atom is 0.00430 e. The predicted molar refractivity (Wildman–Crippen MR) is 53.2 cm³/mol. The zero-order valence-electron chi connectivity index (χ0n) is 7.99. The van der Waals surface area contributed by atoms with Crippen LogP contribution in [0.3, 0.4) is 0 Å². The molecule has 0 bridgehead atoms. The van der Waals surface area contributed by atoms with Gasteiger partial charge >= 0.3 is 0 Å². The highest BCUT2D eigenvalue weighted by Gasteiger charge is 2.24. The molecule has 1 rings (SSSR count). The Morgan fingerprint density at radius 1 is 1.09 bits per heavy atom. The van der Waals surface area contributed by atoms with Crippen LogP contribution in [0.1, 0.15) is 34.6 Å². The number of halogens is 1. The van der Waals surface area contributed by atoms with Crippen molar-refractivity contribution in [3.63, 3.8) is 0 Å². The molecule has 0 aromatic carbocycles. The van der Waals surface area contributed by atoms with Gasteiger partial charge in [0, 0.05) is 5.41 Å². The van der Waals surface area contributed by atoms with Crippen LogP contribution in [0.15, 0.2) is 22.8 Å². The first-order chi connectivity index (χ1) is 4.45. The molecular weight excluding hydrogens is 156 g/mol. The Balaban J connectivity index is 0.000001000. The maximum atomic E-state index is 2.34. The van der Waals surface area contributed by atoms with Gasteiger partial charge in [-0.1, -0.05) is 31.1 Å². The lowest BCUT2D eigenvalue weighted by atomic mass is 9.88. The van der Waals surface area contributed by atoms with Crippen molar-refractivity contribution in [1.82, 2.24) is 0 Å². The molecule has 1 aliphatic carbocycles. The Bertz CT molecular complexity index is 219. The van der Waals surface area contributed by atoms with Gasteiger partial charge in [0.25, 0.3) is 0 Å². The van der Waals surface area contributed by atoms with Crippen molar-refractivity contribution in [2.45, 2.75) is 34.6 Å². The summed E-state index contributed by atoms with van der Waals surface area (Å²) in [7, 11) is 0. The van der Waals surface area contributed by atoms with E-state index in [1.807, 2.05) is 0 Å². The summed E-state index contributed by atoms with van der Waals surface area (Å²) in [5.41, 5.74) is 4.76. The van der Waals surface area contributed by atoms with E-state index in [2.05, 4.69) is 40.7 Å². The standard InChI is InChI=1S/C10H16.ClH/c1-7-6-10(4,5)9(3)8(7)2;/h6H,1-5H3;1H. The first-order valence-electron chi connectivity index (χ1n) is 3.83. The summed E-state index contributed by atoms with van der Waals surface area (Å²) in [5.74, 6) is 0. The Labute approximate surface area is 75.8 Å². The smallest absolute Gasteiger partial charge is 0.00430 e. The van der Waals surface area contributed by atoms with Crippen molar-refractivity contribution in [2.75, 3.05) is 0 Å². The van der Waals surface area contributed by atoms with E-state index in [-0.39, 0.29) is 12.4 Å². The van der Waals surface area contributed by atoms with Crippen LogP contribution in [-0.2, 0) is 0 Å². The normalized spacial score (nSPS) is 21.4. The minimum atomic E-state index is 0. The van der Waals surface area contributed by atoms with Crippen molar-refractivity contribution in [1.29, 1.82) is 0 Å². The number of allylic oxidation sites excluding steroid dienone is 4. The van der Waals surface area contributed by atoms with E-state index in [9.17, 15) is 0 Å². The quantitative estimate of drug-likeness (QED) is 0.523. The fourth-order valence-corrected chi connectivity index (χ4v) is 1.54. The molecule has 0 radical (unpaired) electrons. The van der Waals surface area contributed by atoms with Gasteiger partial charge in [-0.2, -0.15) is 0 Å². The van der Waals surface area contributed by atoms with Gasteiger partial charge in [-0.05, 0) is 26.3 Å². The number of hydrogen-bond donors (Lipinski definition) is 0. The lowest BCUT2D eigenvalue weighted by Crippen LogP contribution is -2.05. The Kier molecular flexibility index (Phi) is 2.96. The molecule has 0 aliphatic heterocycles. The largest absolute Gasteiger partial charge is 0.147 e. The van der Waals surface area contributed by atoms with Crippen molar-refractivity contribution < 1.29 is 0 Å². The van der Waals surface area contributed by atoms with E-state index < -0.39 is 0 Å². The lowest BCUT2D eigenvalue weighted by Gasteiger charge is -2.17. The van der Waals surface area contributed by atoms with Gasteiger partial charge in [0.1, 0.15) is 0 Å². The summed E-state index contributed by atoms with van der Waals surface area (Å²) in [6.45, 7) is 11.1. The summed E-state index contributed by atoms with van der Waals surface area (Å²) < 4.78 is 0. The summed E-state index contributed by atoms with van der Waals surface area (Å²) in [6, 6.07) is 0. The van der Waals surface area contributed by atoms with Crippen LogP contribution in [0.5, 0.6) is 0 Å².